The van der Waals surface area contributed by atoms with Gasteiger partial charge in [0.1, 0.15) is 12.3 Å². The Kier molecular flexibility index (Phi) is 4.57. The van der Waals surface area contributed by atoms with Crippen LogP contribution in [0.25, 0.3) is 0 Å². The normalized spacial score (nSPS) is 16.7. The molecule has 0 saturated heterocycles. The maximum absolute atomic E-state index is 12.2. The second-order valence-corrected chi connectivity index (χ2v) is 6.45. The number of ether oxygens (including phenoxy) is 1. The molecule has 0 saturated carbocycles. The van der Waals surface area contributed by atoms with Gasteiger partial charge in [0.2, 0.25) is 5.91 Å². The van der Waals surface area contributed by atoms with Gasteiger partial charge in [0.15, 0.2) is 0 Å². The summed E-state index contributed by atoms with van der Waals surface area (Å²) in [6, 6.07) is 5.17. The maximum atomic E-state index is 12.2. The molecule has 2 aromatic rings. The van der Waals surface area contributed by atoms with Gasteiger partial charge >= 0.3 is 0 Å². The predicted octanol–water partition coefficient (Wildman–Crippen LogP) is 3.31. The number of carbonyl (C=O) groups is 1. The van der Waals surface area contributed by atoms with E-state index in [0.717, 1.165) is 18.5 Å². The maximum Gasteiger partial charge on any atom is 0.246 e. The molecule has 0 unspecified atom stereocenters. The van der Waals surface area contributed by atoms with Crippen molar-refractivity contribution in [2.24, 2.45) is 5.92 Å². The lowest BCUT2D eigenvalue weighted by molar-refractivity contribution is -0.116. The van der Waals surface area contributed by atoms with Crippen LogP contribution in [0.1, 0.15) is 24.6 Å². The fraction of sp³-hybridized carbons (Fsp3) is 0.412. The Bertz CT molecular complexity index is 727. The van der Waals surface area contributed by atoms with Gasteiger partial charge in [-0.15, -0.1) is 0 Å². The van der Waals surface area contributed by atoms with Gasteiger partial charge in [0.05, 0.1) is 17.8 Å². The van der Waals surface area contributed by atoms with Gasteiger partial charge < -0.3 is 10.1 Å². The fourth-order valence-electron chi connectivity index (χ4n) is 2.92. The Labute approximate surface area is 140 Å². The van der Waals surface area contributed by atoms with E-state index in [1.54, 1.807) is 30.0 Å². The Morgan fingerprint density at radius 3 is 3.09 bits per heavy atom. The van der Waals surface area contributed by atoms with Crippen LogP contribution in [0.4, 0.5) is 5.69 Å². The van der Waals surface area contributed by atoms with Crippen molar-refractivity contribution < 1.29 is 9.53 Å². The van der Waals surface area contributed by atoms with E-state index in [-0.39, 0.29) is 12.5 Å². The Morgan fingerprint density at radius 1 is 1.52 bits per heavy atom. The monoisotopic (exact) mass is 333 g/mol. The number of fused-ring (bicyclic) bond motifs is 1. The highest BCUT2D eigenvalue weighted by molar-refractivity contribution is 6.32. The number of benzene rings is 1. The summed E-state index contributed by atoms with van der Waals surface area (Å²) < 4.78 is 6.82. The van der Waals surface area contributed by atoms with Crippen molar-refractivity contribution >= 4 is 23.2 Å². The molecule has 1 aliphatic carbocycles. The summed E-state index contributed by atoms with van der Waals surface area (Å²) in [5, 5.41) is 7.82. The van der Waals surface area contributed by atoms with Gasteiger partial charge in [-0.25, -0.2) is 0 Å². The number of amides is 1. The summed E-state index contributed by atoms with van der Waals surface area (Å²) in [6.07, 6.45) is 5.20. The molecule has 0 spiro atoms. The summed E-state index contributed by atoms with van der Waals surface area (Å²) >= 11 is 6.06. The first-order valence-electron chi connectivity index (χ1n) is 7.73. The number of aryl methyl sites for hydroxylation is 1. The quantitative estimate of drug-likeness (QED) is 0.934. The molecule has 1 N–H and O–H groups in total. The van der Waals surface area contributed by atoms with Crippen molar-refractivity contribution in [3.05, 3.63) is 40.7 Å². The van der Waals surface area contributed by atoms with E-state index in [2.05, 4.69) is 17.3 Å². The van der Waals surface area contributed by atoms with E-state index >= 15 is 0 Å². The van der Waals surface area contributed by atoms with Crippen LogP contribution in [0.2, 0.25) is 5.02 Å². The van der Waals surface area contributed by atoms with E-state index in [1.807, 2.05) is 6.20 Å². The molecule has 5 nitrogen and oxygen atoms in total. The highest BCUT2D eigenvalue weighted by Crippen LogP contribution is 2.27. The Balaban J connectivity index is 1.64. The summed E-state index contributed by atoms with van der Waals surface area (Å²) in [6.45, 7) is 2.45. The van der Waals surface area contributed by atoms with Crippen LogP contribution in [0.5, 0.6) is 5.75 Å². The SMILES string of the molecule is COc1ccc(NC(=O)Cn2cc3c(n2)CC[C@@H](C)C3)cc1Cl. The molecule has 122 valence electrons. The van der Waals surface area contributed by atoms with Gasteiger partial charge in [0.25, 0.3) is 0 Å². The molecule has 1 amide bonds. The Hall–Kier alpha value is -2.01. The minimum absolute atomic E-state index is 0.126. The Morgan fingerprint density at radius 2 is 2.35 bits per heavy atom. The van der Waals surface area contributed by atoms with Crippen LogP contribution in [0, 0.1) is 5.92 Å². The highest BCUT2D eigenvalue weighted by Gasteiger charge is 2.19. The highest BCUT2D eigenvalue weighted by atomic mass is 35.5. The van der Waals surface area contributed by atoms with Crippen LogP contribution >= 0.6 is 11.6 Å². The number of nitrogens with one attached hydrogen (secondary N) is 1. The predicted molar refractivity (Wildman–Crippen MR) is 90.0 cm³/mol. The lowest BCUT2D eigenvalue weighted by atomic mass is 9.89. The van der Waals surface area contributed by atoms with Crippen molar-refractivity contribution in [2.45, 2.75) is 32.7 Å². The lowest BCUT2D eigenvalue weighted by Crippen LogP contribution is -2.19. The van der Waals surface area contributed by atoms with Crippen molar-refractivity contribution in [1.82, 2.24) is 9.78 Å². The summed E-state index contributed by atoms with van der Waals surface area (Å²) in [5.41, 5.74) is 3.04. The van der Waals surface area contributed by atoms with Crippen molar-refractivity contribution in [1.29, 1.82) is 0 Å². The molecule has 0 radical (unpaired) electrons. The van der Waals surface area contributed by atoms with E-state index in [9.17, 15) is 4.79 Å². The molecule has 1 atom stereocenters. The number of hydrogen-bond acceptors (Lipinski definition) is 3. The first kappa shape index (κ1) is 15.9. The molecule has 1 heterocycles. The third kappa shape index (κ3) is 3.67. The summed E-state index contributed by atoms with van der Waals surface area (Å²) in [7, 11) is 1.56. The molecule has 0 aliphatic heterocycles. The second-order valence-electron chi connectivity index (χ2n) is 6.04. The number of halogens is 1. The van der Waals surface area contributed by atoms with Crippen LogP contribution in [-0.2, 0) is 24.2 Å². The molecule has 1 aromatic heterocycles. The van der Waals surface area contributed by atoms with Gasteiger partial charge in [-0.2, -0.15) is 5.10 Å². The van der Waals surface area contributed by atoms with Crippen molar-refractivity contribution in [3.63, 3.8) is 0 Å². The smallest absolute Gasteiger partial charge is 0.246 e. The molecule has 1 aliphatic rings. The van der Waals surface area contributed by atoms with E-state index < -0.39 is 0 Å². The average molecular weight is 334 g/mol. The molecular weight excluding hydrogens is 314 g/mol. The number of nitrogens with zero attached hydrogens (tertiary/aromatic N) is 2. The van der Waals surface area contributed by atoms with E-state index in [0.29, 0.717) is 22.4 Å². The molecular formula is C17H20ClN3O2. The largest absolute Gasteiger partial charge is 0.495 e. The minimum atomic E-state index is -0.126. The average Bonchev–Trinajstić information content (AvgIpc) is 2.88. The molecule has 1 aromatic carbocycles. The number of hydrogen-bond donors (Lipinski definition) is 1. The van der Waals surface area contributed by atoms with Crippen molar-refractivity contribution in [2.75, 3.05) is 12.4 Å². The zero-order chi connectivity index (χ0) is 16.4. The third-order valence-corrected chi connectivity index (χ3v) is 4.40. The topological polar surface area (TPSA) is 56.1 Å². The van der Waals surface area contributed by atoms with Crippen LogP contribution in [-0.4, -0.2) is 22.8 Å². The van der Waals surface area contributed by atoms with Crippen molar-refractivity contribution in [3.8, 4) is 5.75 Å². The summed E-state index contributed by atoms with van der Waals surface area (Å²) in [5.74, 6) is 1.15. The lowest BCUT2D eigenvalue weighted by Gasteiger charge is -2.15. The minimum Gasteiger partial charge on any atom is -0.495 e. The third-order valence-electron chi connectivity index (χ3n) is 4.11. The zero-order valence-corrected chi connectivity index (χ0v) is 14.1. The van der Waals surface area contributed by atoms with Crippen LogP contribution < -0.4 is 10.1 Å². The van der Waals surface area contributed by atoms with Crippen LogP contribution in [0.15, 0.2) is 24.4 Å². The number of anilines is 1. The number of rotatable bonds is 4. The number of methoxy groups -OCH3 is 1. The molecule has 0 bridgehead atoms. The van der Waals surface area contributed by atoms with Crippen LogP contribution in [0.3, 0.4) is 0 Å². The van der Waals surface area contributed by atoms with Gasteiger partial charge in [-0.05, 0) is 48.9 Å². The summed E-state index contributed by atoms with van der Waals surface area (Å²) in [4.78, 5) is 12.2. The van der Waals surface area contributed by atoms with E-state index in [1.165, 1.54) is 12.0 Å². The van der Waals surface area contributed by atoms with Gasteiger partial charge in [-0.1, -0.05) is 18.5 Å². The second kappa shape index (κ2) is 6.62. The first-order chi connectivity index (χ1) is 11.0. The number of carbonyl (C=O) groups excluding carboxylic acids is 1. The molecule has 23 heavy (non-hydrogen) atoms. The van der Waals surface area contributed by atoms with Gasteiger partial charge in [-0.3, -0.25) is 9.48 Å². The molecule has 3 rings (SSSR count). The molecule has 6 heteroatoms. The standard InChI is InChI=1S/C17H20ClN3O2/c1-11-3-5-15-12(7-11)9-21(20-15)10-17(22)19-13-4-6-16(23-2)14(18)8-13/h4,6,8-9,11H,3,5,7,10H2,1-2H3,(H,19,22)/t11-/m1/s1. The molecule has 0 fully saturated rings. The fourth-order valence-corrected chi connectivity index (χ4v) is 3.17. The first-order valence-corrected chi connectivity index (χ1v) is 8.11. The number of aromatic nitrogens is 2. The van der Waals surface area contributed by atoms with Gasteiger partial charge in [0, 0.05) is 11.9 Å². The van der Waals surface area contributed by atoms with E-state index in [4.69, 9.17) is 16.3 Å². The zero-order valence-electron chi connectivity index (χ0n) is 13.3.